The van der Waals surface area contributed by atoms with Gasteiger partial charge in [-0.2, -0.15) is 0 Å². The number of thioether (sulfide) groups is 1. The van der Waals surface area contributed by atoms with E-state index in [0.29, 0.717) is 34.1 Å². The van der Waals surface area contributed by atoms with Crippen molar-refractivity contribution in [1.29, 1.82) is 0 Å². The van der Waals surface area contributed by atoms with Crippen molar-refractivity contribution in [2.75, 3.05) is 65.7 Å². The van der Waals surface area contributed by atoms with Crippen LogP contribution in [0.25, 0.3) is 0 Å². The minimum Gasteiger partial charge on any atom is -0.497 e. The van der Waals surface area contributed by atoms with E-state index in [1.165, 1.54) is 22.5 Å². The van der Waals surface area contributed by atoms with Crippen LogP contribution in [0.5, 0.6) is 11.5 Å². The van der Waals surface area contributed by atoms with Crippen molar-refractivity contribution < 1.29 is 37.7 Å². The van der Waals surface area contributed by atoms with Gasteiger partial charge in [0, 0.05) is 49.0 Å². The molecule has 4 aromatic carbocycles. The maximum absolute atomic E-state index is 13.6. The molecule has 0 aliphatic carbocycles. The number of ether oxygens (including phenoxy) is 6. The van der Waals surface area contributed by atoms with E-state index < -0.39 is 48.9 Å². The van der Waals surface area contributed by atoms with Crippen molar-refractivity contribution in [3.8, 4) is 11.5 Å². The predicted octanol–water partition coefficient (Wildman–Crippen LogP) is 7.81. The quantitative estimate of drug-likeness (QED) is 0.0435. The number of hydrogen-bond acceptors (Lipinski definition) is 13. The molecule has 1 aromatic heterocycles. The van der Waals surface area contributed by atoms with Gasteiger partial charge in [0.2, 0.25) is 5.12 Å². The average molecular weight is 916 g/mol. The van der Waals surface area contributed by atoms with Crippen LogP contribution in [0.3, 0.4) is 0 Å². The number of nitrogens with one attached hydrogen (secondary N) is 1. The third kappa shape index (κ3) is 11.2. The summed E-state index contributed by atoms with van der Waals surface area (Å²) in [4.78, 5) is 41.7. The summed E-state index contributed by atoms with van der Waals surface area (Å²) in [6, 6.07) is 34.9. The topological polar surface area (TPSA) is 140 Å². The molecule has 7 rings (SSSR count). The molecule has 0 bridgehead atoms. The number of carbonyl (C=O) groups is 1. The standard InChI is InChI=1S/C47H54N3O10PS2/c1-33-31-50(46(53)48-43(33)51)44-42(57-28-27-54-2)41(60-61(49-25-11-12-26-49)63-30-29-62-45(52)34-13-7-5-8-14-34)40(59-44)32-58-47(35-15-9-6-10-16-35,36-17-21-38(55-3)22-18-36)37-19-23-39(56-4)24-20-37/h5-10,13-24,31,40-42,44H,11-12,25-30,32H2,1-4H3,(H,48,51,53)/t40-,41?,42+,44-,61?/m1/s1. The molecule has 2 aliphatic heterocycles. The molecule has 334 valence electrons. The van der Waals surface area contributed by atoms with Crippen LogP contribution in [0.1, 0.15) is 51.7 Å². The largest absolute Gasteiger partial charge is 0.497 e. The van der Waals surface area contributed by atoms with E-state index in [1.807, 2.05) is 109 Å². The molecule has 0 amide bonds. The minimum absolute atomic E-state index is 0.00931. The van der Waals surface area contributed by atoms with Gasteiger partial charge in [0.05, 0.1) is 34.0 Å². The normalized spacial score (nSPS) is 19.6. The first kappa shape index (κ1) is 46.7. The van der Waals surface area contributed by atoms with E-state index in [9.17, 15) is 14.4 Å². The third-order valence-electron chi connectivity index (χ3n) is 11.0. The van der Waals surface area contributed by atoms with Gasteiger partial charge in [-0.1, -0.05) is 108 Å². The Labute approximate surface area is 377 Å². The zero-order valence-corrected chi connectivity index (χ0v) is 38.4. The number of benzene rings is 4. The maximum atomic E-state index is 13.6. The fourth-order valence-electron chi connectivity index (χ4n) is 7.75. The number of nitrogens with zero attached hydrogens (tertiary/aromatic N) is 2. The van der Waals surface area contributed by atoms with E-state index >= 15 is 0 Å². The number of H-pyrrole nitrogens is 1. The molecule has 2 saturated heterocycles. The third-order valence-corrected chi connectivity index (χ3v) is 16.2. The highest BCUT2D eigenvalue weighted by molar-refractivity contribution is 8.53. The van der Waals surface area contributed by atoms with Crippen LogP contribution in [0.4, 0.5) is 0 Å². The van der Waals surface area contributed by atoms with Gasteiger partial charge in [0.25, 0.3) is 5.56 Å². The molecular formula is C47H54N3O10PS2. The smallest absolute Gasteiger partial charge is 0.330 e. The Morgan fingerprint density at radius 3 is 2.00 bits per heavy atom. The van der Waals surface area contributed by atoms with E-state index in [1.54, 1.807) is 39.6 Å². The monoisotopic (exact) mass is 915 g/mol. The highest BCUT2D eigenvalue weighted by atomic mass is 32.7. The van der Waals surface area contributed by atoms with Crippen molar-refractivity contribution in [2.24, 2.45) is 0 Å². The van der Waals surface area contributed by atoms with E-state index in [0.717, 1.165) is 42.6 Å². The average Bonchev–Trinajstić information content (AvgIpc) is 3.98. The summed E-state index contributed by atoms with van der Waals surface area (Å²) in [5.74, 6) is 2.63. The Morgan fingerprint density at radius 1 is 0.794 bits per heavy atom. The number of aryl methyl sites for hydroxylation is 1. The zero-order chi connectivity index (χ0) is 44.2. The van der Waals surface area contributed by atoms with Gasteiger partial charge >= 0.3 is 5.69 Å². The summed E-state index contributed by atoms with van der Waals surface area (Å²) in [5.41, 5.74) is 1.25. The number of aromatic nitrogens is 2. The fourth-order valence-corrected chi connectivity index (χ4v) is 13.1. The predicted molar refractivity (Wildman–Crippen MR) is 248 cm³/mol. The lowest BCUT2D eigenvalue weighted by atomic mass is 9.80. The minimum atomic E-state index is -1.31. The molecule has 13 nitrogen and oxygen atoms in total. The second-order valence-electron chi connectivity index (χ2n) is 15.0. The van der Waals surface area contributed by atoms with Crippen molar-refractivity contribution in [2.45, 2.75) is 49.9 Å². The Morgan fingerprint density at radius 2 is 1.40 bits per heavy atom. The molecule has 0 saturated carbocycles. The van der Waals surface area contributed by atoms with Gasteiger partial charge in [0.1, 0.15) is 35.4 Å². The first-order valence-electron chi connectivity index (χ1n) is 20.9. The fraction of sp³-hybridized carbons (Fsp3) is 0.383. The molecular weight excluding hydrogens is 862 g/mol. The lowest BCUT2D eigenvalue weighted by molar-refractivity contribution is -0.0990. The maximum Gasteiger partial charge on any atom is 0.330 e. The van der Waals surface area contributed by atoms with Crippen LogP contribution < -0.4 is 20.7 Å². The lowest BCUT2D eigenvalue weighted by Crippen LogP contribution is -2.42. The second-order valence-corrected chi connectivity index (χ2v) is 19.7. The summed E-state index contributed by atoms with van der Waals surface area (Å²) >= 11 is 2.97. The van der Waals surface area contributed by atoms with Crippen molar-refractivity contribution in [3.05, 3.63) is 164 Å². The Kier molecular flexibility index (Phi) is 16.7. The first-order valence-corrected chi connectivity index (χ1v) is 24.7. The van der Waals surface area contributed by atoms with E-state index in [4.69, 9.17) is 32.9 Å². The van der Waals surface area contributed by atoms with E-state index in [-0.39, 0.29) is 24.9 Å². The number of carbonyl (C=O) groups excluding carboxylic acids is 1. The van der Waals surface area contributed by atoms with Crippen LogP contribution in [-0.2, 0) is 29.1 Å². The highest BCUT2D eigenvalue weighted by Crippen LogP contribution is 2.58. The Hall–Kier alpha value is -4.28. The molecule has 3 heterocycles. The molecule has 2 aliphatic rings. The summed E-state index contributed by atoms with van der Waals surface area (Å²) < 4.78 is 48.5. The summed E-state index contributed by atoms with van der Waals surface area (Å²) in [7, 11) is 3.54. The molecule has 5 atom stereocenters. The van der Waals surface area contributed by atoms with Crippen LogP contribution in [0.2, 0.25) is 0 Å². The number of aromatic amines is 1. The molecule has 2 fully saturated rings. The zero-order valence-electron chi connectivity index (χ0n) is 35.9. The highest BCUT2D eigenvalue weighted by Gasteiger charge is 2.51. The van der Waals surface area contributed by atoms with Crippen LogP contribution in [0, 0.1) is 6.92 Å². The Bertz CT molecular complexity index is 2280. The number of methoxy groups -OCH3 is 3. The van der Waals surface area contributed by atoms with Gasteiger partial charge < -0.3 is 32.9 Å². The van der Waals surface area contributed by atoms with Crippen LogP contribution in [-0.4, -0.2) is 103 Å². The Balaban J connectivity index is 1.28. The summed E-state index contributed by atoms with van der Waals surface area (Å²) in [5, 5.41) is 0.0238. The van der Waals surface area contributed by atoms with Crippen molar-refractivity contribution >= 4 is 35.8 Å². The van der Waals surface area contributed by atoms with Gasteiger partial charge in [-0.25, -0.2) is 4.79 Å². The molecule has 16 heteroatoms. The van der Waals surface area contributed by atoms with E-state index in [2.05, 4.69) is 9.65 Å². The molecule has 0 radical (unpaired) electrons. The van der Waals surface area contributed by atoms with Gasteiger partial charge in [0.15, 0.2) is 13.7 Å². The molecule has 63 heavy (non-hydrogen) atoms. The number of rotatable bonds is 21. The molecule has 2 unspecified atom stereocenters. The van der Waals surface area contributed by atoms with Crippen molar-refractivity contribution in [1.82, 2.24) is 14.2 Å². The van der Waals surface area contributed by atoms with Gasteiger partial charge in [-0.05, 0) is 60.7 Å². The molecule has 0 spiro atoms. The first-order chi connectivity index (χ1) is 30.7. The number of hydrogen-bond donors (Lipinski definition) is 1. The second kappa shape index (κ2) is 22.6. The molecule has 5 aromatic rings. The van der Waals surface area contributed by atoms with Crippen molar-refractivity contribution in [3.63, 3.8) is 0 Å². The van der Waals surface area contributed by atoms with Crippen LogP contribution in [0.15, 0.2) is 125 Å². The molecule has 1 N–H and O–H groups in total. The SMILES string of the molecule is COCCO[C@H]1C(OP(SCCSC(=O)c2ccccc2)N2CCCC2)[C@@H](COC(c2ccccc2)(c2ccc(OC)cc2)c2ccc(OC)cc2)O[C@H]1n1cc(C)c(=O)[nH]c1=O. The van der Waals surface area contributed by atoms with Gasteiger partial charge in [-0.15, -0.1) is 0 Å². The van der Waals surface area contributed by atoms with Gasteiger partial charge in [-0.3, -0.25) is 23.8 Å². The van der Waals surface area contributed by atoms with Crippen LogP contribution >= 0.6 is 30.6 Å². The summed E-state index contributed by atoms with van der Waals surface area (Å²) in [6.45, 7) is 3.81. The lowest BCUT2D eigenvalue weighted by Gasteiger charge is -2.38. The summed E-state index contributed by atoms with van der Waals surface area (Å²) in [6.07, 6.45) is 0.184.